The first-order valence-corrected chi connectivity index (χ1v) is 8.33. The van der Waals surface area contributed by atoms with Gasteiger partial charge in [0.2, 0.25) is 11.2 Å². The molecule has 2 unspecified atom stereocenters. The first-order valence-electron chi connectivity index (χ1n) is 7.57. The van der Waals surface area contributed by atoms with Crippen LogP contribution in [0.5, 0.6) is 5.88 Å². The SMILES string of the molecule is CC(C)(C)OC(=O)NC1CCCC(Oc2nc(Cl)ncc2Cl)C1. The molecule has 1 heterocycles. The quantitative estimate of drug-likeness (QED) is 0.823. The Hall–Kier alpha value is -1.27. The molecule has 1 fully saturated rings. The van der Waals surface area contributed by atoms with E-state index in [1.54, 1.807) is 0 Å². The van der Waals surface area contributed by atoms with Crippen LogP contribution in [0.15, 0.2) is 6.20 Å². The van der Waals surface area contributed by atoms with Gasteiger partial charge in [0.1, 0.15) is 16.7 Å². The summed E-state index contributed by atoms with van der Waals surface area (Å²) < 4.78 is 11.1. The molecule has 0 aromatic carbocycles. The highest BCUT2D eigenvalue weighted by atomic mass is 35.5. The summed E-state index contributed by atoms with van der Waals surface area (Å²) >= 11 is 11.8. The molecule has 23 heavy (non-hydrogen) atoms. The lowest BCUT2D eigenvalue weighted by Gasteiger charge is -2.30. The molecule has 128 valence electrons. The molecule has 0 radical (unpaired) electrons. The zero-order chi connectivity index (χ0) is 17.0. The lowest BCUT2D eigenvalue weighted by atomic mass is 9.93. The van der Waals surface area contributed by atoms with Crippen LogP contribution in [-0.4, -0.2) is 33.8 Å². The topological polar surface area (TPSA) is 73.3 Å². The molecule has 1 aromatic heterocycles. The molecule has 0 spiro atoms. The van der Waals surface area contributed by atoms with Gasteiger partial charge in [-0.2, -0.15) is 4.98 Å². The van der Waals surface area contributed by atoms with E-state index in [9.17, 15) is 4.79 Å². The monoisotopic (exact) mass is 361 g/mol. The van der Waals surface area contributed by atoms with E-state index in [1.807, 2.05) is 20.8 Å². The van der Waals surface area contributed by atoms with Gasteiger partial charge < -0.3 is 14.8 Å². The van der Waals surface area contributed by atoms with Gasteiger partial charge in [0, 0.05) is 12.5 Å². The Labute approximate surface area is 145 Å². The molecule has 2 atom stereocenters. The fourth-order valence-electron chi connectivity index (χ4n) is 2.43. The van der Waals surface area contributed by atoms with Crippen molar-refractivity contribution in [3.63, 3.8) is 0 Å². The van der Waals surface area contributed by atoms with Crippen molar-refractivity contribution in [1.82, 2.24) is 15.3 Å². The summed E-state index contributed by atoms with van der Waals surface area (Å²) in [6.45, 7) is 5.50. The Morgan fingerprint density at radius 1 is 1.35 bits per heavy atom. The van der Waals surface area contributed by atoms with Crippen LogP contribution in [0.2, 0.25) is 10.3 Å². The van der Waals surface area contributed by atoms with Crippen molar-refractivity contribution in [1.29, 1.82) is 0 Å². The number of hydrogen-bond donors (Lipinski definition) is 1. The minimum atomic E-state index is -0.514. The van der Waals surface area contributed by atoms with E-state index in [2.05, 4.69) is 15.3 Å². The van der Waals surface area contributed by atoms with Gasteiger partial charge in [-0.1, -0.05) is 11.6 Å². The fraction of sp³-hybridized carbons (Fsp3) is 0.667. The minimum absolute atomic E-state index is 0.000292. The van der Waals surface area contributed by atoms with E-state index in [-0.39, 0.29) is 23.3 Å². The number of ether oxygens (including phenoxy) is 2. The van der Waals surface area contributed by atoms with Crippen molar-refractivity contribution in [2.45, 2.75) is 64.2 Å². The van der Waals surface area contributed by atoms with Gasteiger partial charge in [0.05, 0.1) is 6.20 Å². The second-order valence-corrected chi connectivity index (χ2v) is 7.29. The third-order valence-corrected chi connectivity index (χ3v) is 3.75. The lowest BCUT2D eigenvalue weighted by Crippen LogP contribution is -2.43. The Bertz CT molecular complexity index is 563. The average Bonchev–Trinajstić information content (AvgIpc) is 2.41. The molecule has 1 amide bonds. The summed E-state index contributed by atoms with van der Waals surface area (Å²) in [5.74, 6) is 0.273. The maximum absolute atomic E-state index is 11.9. The molecule has 0 bridgehead atoms. The molecule has 1 aliphatic carbocycles. The van der Waals surface area contributed by atoms with Crippen molar-refractivity contribution >= 4 is 29.3 Å². The molecular weight excluding hydrogens is 341 g/mol. The van der Waals surface area contributed by atoms with Crippen LogP contribution in [-0.2, 0) is 4.74 Å². The number of carbonyl (C=O) groups excluding carboxylic acids is 1. The molecule has 1 aliphatic rings. The van der Waals surface area contributed by atoms with Gasteiger partial charge in [-0.25, -0.2) is 9.78 Å². The Morgan fingerprint density at radius 2 is 2.09 bits per heavy atom. The number of alkyl carbamates (subject to hydrolysis) is 1. The van der Waals surface area contributed by atoms with Crippen LogP contribution in [0.3, 0.4) is 0 Å². The number of halogens is 2. The first kappa shape index (κ1) is 18.1. The predicted octanol–water partition coefficient (Wildman–Crippen LogP) is 4.00. The molecule has 0 saturated heterocycles. The predicted molar refractivity (Wildman–Crippen MR) is 88.1 cm³/mol. The fourth-order valence-corrected chi connectivity index (χ4v) is 2.69. The molecule has 1 saturated carbocycles. The van der Waals surface area contributed by atoms with Crippen LogP contribution in [0.25, 0.3) is 0 Å². The van der Waals surface area contributed by atoms with Gasteiger partial charge in [-0.05, 0) is 51.6 Å². The van der Waals surface area contributed by atoms with Gasteiger partial charge >= 0.3 is 6.09 Å². The molecule has 1 aromatic rings. The molecule has 1 N–H and O–H groups in total. The van der Waals surface area contributed by atoms with Crippen molar-refractivity contribution in [3.8, 4) is 5.88 Å². The normalized spacial score (nSPS) is 21.6. The molecule has 6 nitrogen and oxygen atoms in total. The number of nitrogens with zero attached hydrogens (tertiary/aromatic N) is 2. The molecule has 0 aliphatic heterocycles. The summed E-state index contributed by atoms with van der Waals surface area (Å²) in [6, 6.07) is -0.000292. The zero-order valence-electron chi connectivity index (χ0n) is 13.4. The number of rotatable bonds is 3. The molecular formula is C15H21Cl2N3O3. The largest absolute Gasteiger partial charge is 0.473 e. The number of hydrogen-bond acceptors (Lipinski definition) is 5. The summed E-state index contributed by atoms with van der Waals surface area (Å²) in [5, 5.41) is 3.29. The van der Waals surface area contributed by atoms with Gasteiger partial charge in [-0.15, -0.1) is 0 Å². The Morgan fingerprint density at radius 3 is 2.78 bits per heavy atom. The van der Waals surface area contributed by atoms with Crippen molar-refractivity contribution in [2.24, 2.45) is 0 Å². The minimum Gasteiger partial charge on any atom is -0.473 e. The third-order valence-electron chi connectivity index (χ3n) is 3.31. The highest BCUT2D eigenvalue weighted by molar-refractivity contribution is 6.32. The van der Waals surface area contributed by atoms with E-state index in [1.165, 1.54) is 6.20 Å². The lowest BCUT2D eigenvalue weighted by molar-refractivity contribution is 0.0461. The summed E-state index contributed by atoms with van der Waals surface area (Å²) in [7, 11) is 0. The van der Waals surface area contributed by atoms with Crippen LogP contribution >= 0.6 is 23.2 Å². The second-order valence-electron chi connectivity index (χ2n) is 6.54. The number of amides is 1. The summed E-state index contributed by atoms with van der Waals surface area (Å²) in [6.07, 6.45) is 4.25. The van der Waals surface area contributed by atoms with Crippen LogP contribution in [0.1, 0.15) is 46.5 Å². The zero-order valence-corrected chi connectivity index (χ0v) is 14.9. The third kappa shape index (κ3) is 6.03. The van der Waals surface area contributed by atoms with Crippen molar-refractivity contribution < 1.29 is 14.3 Å². The number of nitrogens with one attached hydrogen (secondary N) is 1. The van der Waals surface area contributed by atoms with Crippen LogP contribution < -0.4 is 10.1 Å². The first-order chi connectivity index (χ1) is 10.7. The van der Waals surface area contributed by atoms with E-state index >= 15 is 0 Å². The number of aromatic nitrogens is 2. The van der Waals surface area contributed by atoms with E-state index < -0.39 is 11.7 Å². The van der Waals surface area contributed by atoms with Gasteiger partial charge in [-0.3, -0.25) is 0 Å². The Kier molecular flexibility index (Phi) is 5.92. The second kappa shape index (κ2) is 7.53. The Balaban J connectivity index is 1.90. The smallest absolute Gasteiger partial charge is 0.407 e. The van der Waals surface area contributed by atoms with E-state index in [0.29, 0.717) is 11.4 Å². The van der Waals surface area contributed by atoms with Crippen LogP contribution in [0, 0.1) is 0 Å². The van der Waals surface area contributed by atoms with Crippen molar-refractivity contribution in [2.75, 3.05) is 0 Å². The van der Waals surface area contributed by atoms with Gasteiger partial charge in [0.25, 0.3) is 0 Å². The number of carbonyl (C=O) groups is 1. The maximum Gasteiger partial charge on any atom is 0.407 e. The summed E-state index contributed by atoms with van der Waals surface area (Å²) in [4.78, 5) is 19.6. The highest BCUT2D eigenvalue weighted by Gasteiger charge is 2.27. The standard InChI is InChI=1S/C15H21Cl2N3O3/c1-15(2,3)23-14(21)19-9-5-4-6-10(7-9)22-12-11(16)8-18-13(17)20-12/h8-10H,4-7H2,1-3H3,(H,19,21). The summed E-state index contributed by atoms with van der Waals surface area (Å²) in [5.41, 5.74) is -0.514. The van der Waals surface area contributed by atoms with Crippen LogP contribution in [0.4, 0.5) is 4.79 Å². The van der Waals surface area contributed by atoms with Crippen molar-refractivity contribution in [3.05, 3.63) is 16.5 Å². The molecule has 8 heteroatoms. The maximum atomic E-state index is 11.9. The van der Waals surface area contributed by atoms with E-state index in [4.69, 9.17) is 32.7 Å². The molecule has 2 rings (SSSR count). The van der Waals surface area contributed by atoms with E-state index in [0.717, 1.165) is 19.3 Å². The van der Waals surface area contributed by atoms with Gasteiger partial charge in [0.15, 0.2) is 0 Å². The average molecular weight is 362 g/mol. The highest BCUT2D eigenvalue weighted by Crippen LogP contribution is 2.28.